The van der Waals surface area contributed by atoms with E-state index in [1.807, 2.05) is 0 Å². The van der Waals surface area contributed by atoms with Gasteiger partial charge in [-0.1, -0.05) is 12.1 Å². The molecule has 0 aliphatic carbocycles. The summed E-state index contributed by atoms with van der Waals surface area (Å²) in [6.07, 6.45) is -5.55. The van der Waals surface area contributed by atoms with E-state index in [1.165, 1.54) is 0 Å². The molecule has 2 heterocycles. The number of alkyl halides is 3. The van der Waals surface area contributed by atoms with Crippen LogP contribution in [0.3, 0.4) is 0 Å². The van der Waals surface area contributed by atoms with E-state index in [-0.39, 0.29) is 18.0 Å². The van der Waals surface area contributed by atoms with Gasteiger partial charge in [0.25, 0.3) is 5.82 Å². The lowest BCUT2D eigenvalue weighted by molar-refractivity contribution is -0.146. The number of ether oxygens (including phenoxy) is 1. The Balaban J connectivity index is 1.86. The zero-order valence-electron chi connectivity index (χ0n) is 14.9. The Morgan fingerprint density at radius 1 is 1.15 bits per heavy atom. The normalized spacial score (nSPS) is 13.0. The molecule has 1 aromatic carbocycles. The van der Waals surface area contributed by atoms with E-state index in [2.05, 4.69) is 20.6 Å². The van der Waals surface area contributed by atoms with E-state index in [0.717, 1.165) is 0 Å². The number of aromatic nitrogens is 4. The van der Waals surface area contributed by atoms with Crippen LogP contribution >= 0.6 is 0 Å². The van der Waals surface area contributed by atoms with Crippen molar-refractivity contribution in [3.63, 3.8) is 0 Å². The van der Waals surface area contributed by atoms with Crippen LogP contribution in [0.1, 0.15) is 28.6 Å². The highest BCUT2D eigenvalue weighted by Crippen LogP contribution is 2.30. The standard InChI is InChI=1S/C17H18F3N5O2/c1-9-10(2)15-22-23-16(17(18,19)20)25(15)24-14(9)21-8-13(26)11-4-6-12(27-3)7-5-11/h4-7,13,26H,8H2,1-3H3,(H,21,24). The minimum Gasteiger partial charge on any atom is -0.497 e. The van der Waals surface area contributed by atoms with Gasteiger partial charge >= 0.3 is 6.18 Å². The second-order valence-electron chi connectivity index (χ2n) is 6.03. The molecule has 0 aliphatic heterocycles. The molecule has 0 amide bonds. The topological polar surface area (TPSA) is 84.6 Å². The van der Waals surface area contributed by atoms with E-state index >= 15 is 0 Å². The number of aliphatic hydroxyl groups excluding tert-OH is 1. The van der Waals surface area contributed by atoms with Gasteiger partial charge in [0, 0.05) is 12.1 Å². The maximum Gasteiger partial charge on any atom is 0.453 e. The van der Waals surface area contributed by atoms with Crippen molar-refractivity contribution >= 4 is 11.5 Å². The number of anilines is 1. The summed E-state index contributed by atoms with van der Waals surface area (Å²) < 4.78 is 45.0. The molecule has 144 valence electrons. The van der Waals surface area contributed by atoms with Crippen molar-refractivity contribution in [2.24, 2.45) is 0 Å². The molecule has 2 aromatic heterocycles. The molecule has 0 saturated heterocycles. The largest absolute Gasteiger partial charge is 0.497 e. The van der Waals surface area contributed by atoms with Crippen molar-refractivity contribution in [2.45, 2.75) is 26.1 Å². The molecular formula is C17H18F3N5O2. The Morgan fingerprint density at radius 2 is 1.81 bits per heavy atom. The van der Waals surface area contributed by atoms with Crippen molar-refractivity contribution in [1.82, 2.24) is 19.8 Å². The van der Waals surface area contributed by atoms with Gasteiger partial charge in [0.05, 0.1) is 13.2 Å². The second kappa shape index (κ2) is 7.03. The summed E-state index contributed by atoms with van der Waals surface area (Å²) in [6.45, 7) is 3.42. The van der Waals surface area contributed by atoms with Crippen LogP contribution in [0, 0.1) is 13.8 Å². The lowest BCUT2D eigenvalue weighted by Crippen LogP contribution is -2.17. The summed E-state index contributed by atoms with van der Waals surface area (Å²) >= 11 is 0. The Hall–Kier alpha value is -2.88. The van der Waals surface area contributed by atoms with Gasteiger partial charge in [0.15, 0.2) is 5.65 Å². The van der Waals surface area contributed by atoms with Gasteiger partial charge in [-0.05, 0) is 37.1 Å². The number of hydrogen-bond acceptors (Lipinski definition) is 6. The SMILES string of the molecule is COc1ccc(C(O)CNc2nn3c(C(F)(F)F)nnc3c(C)c2C)cc1. The fourth-order valence-electron chi connectivity index (χ4n) is 2.61. The number of aryl methyl sites for hydroxylation is 1. The molecule has 0 bridgehead atoms. The fourth-order valence-corrected chi connectivity index (χ4v) is 2.61. The zero-order chi connectivity index (χ0) is 19.8. The summed E-state index contributed by atoms with van der Waals surface area (Å²) in [5.74, 6) is -0.318. The Morgan fingerprint density at radius 3 is 2.41 bits per heavy atom. The molecule has 0 saturated carbocycles. The van der Waals surface area contributed by atoms with Crippen LogP contribution < -0.4 is 10.1 Å². The van der Waals surface area contributed by atoms with Crippen LogP contribution in [0.4, 0.5) is 19.0 Å². The van der Waals surface area contributed by atoms with E-state index < -0.39 is 18.1 Å². The predicted molar refractivity (Wildman–Crippen MR) is 91.7 cm³/mol. The lowest BCUT2D eigenvalue weighted by Gasteiger charge is -2.16. The maximum absolute atomic E-state index is 13.1. The van der Waals surface area contributed by atoms with E-state index in [1.54, 1.807) is 45.2 Å². The highest BCUT2D eigenvalue weighted by atomic mass is 19.4. The van der Waals surface area contributed by atoms with Crippen molar-refractivity contribution < 1.29 is 23.0 Å². The first-order chi connectivity index (χ1) is 12.7. The number of nitrogens with zero attached hydrogens (tertiary/aromatic N) is 4. The van der Waals surface area contributed by atoms with Crippen LogP contribution in [0.15, 0.2) is 24.3 Å². The Bertz CT molecular complexity index is 954. The summed E-state index contributed by atoms with van der Waals surface area (Å²) in [5.41, 5.74) is 1.83. The number of rotatable bonds is 5. The first-order valence-corrected chi connectivity index (χ1v) is 8.08. The highest BCUT2D eigenvalue weighted by Gasteiger charge is 2.38. The zero-order valence-corrected chi connectivity index (χ0v) is 14.9. The smallest absolute Gasteiger partial charge is 0.453 e. The molecule has 27 heavy (non-hydrogen) atoms. The van der Waals surface area contributed by atoms with Crippen LogP contribution in [0.25, 0.3) is 5.65 Å². The third-order valence-electron chi connectivity index (χ3n) is 4.31. The molecule has 0 aliphatic rings. The lowest BCUT2D eigenvalue weighted by atomic mass is 10.1. The molecule has 0 radical (unpaired) electrons. The number of benzene rings is 1. The molecule has 7 nitrogen and oxygen atoms in total. The van der Waals surface area contributed by atoms with Crippen molar-refractivity contribution in [1.29, 1.82) is 0 Å². The van der Waals surface area contributed by atoms with E-state index in [9.17, 15) is 18.3 Å². The van der Waals surface area contributed by atoms with Crippen molar-refractivity contribution in [2.75, 3.05) is 19.0 Å². The van der Waals surface area contributed by atoms with Gasteiger partial charge in [0.2, 0.25) is 0 Å². The molecule has 0 spiro atoms. The number of methoxy groups -OCH3 is 1. The number of nitrogens with one attached hydrogen (secondary N) is 1. The minimum atomic E-state index is -4.67. The first kappa shape index (κ1) is 18.9. The highest BCUT2D eigenvalue weighted by molar-refractivity contribution is 5.58. The molecule has 0 fully saturated rings. The van der Waals surface area contributed by atoms with Gasteiger partial charge in [0.1, 0.15) is 11.6 Å². The third kappa shape index (κ3) is 3.65. The molecule has 2 N–H and O–H groups in total. The average molecular weight is 381 g/mol. The molecule has 3 rings (SSSR count). The van der Waals surface area contributed by atoms with Crippen LogP contribution in [-0.4, -0.2) is 38.6 Å². The summed E-state index contributed by atoms with van der Waals surface area (Å²) in [5, 5.41) is 24.0. The van der Waals surface area contributed by atoms with Gasteiger partial charge in [-0.15, -0.1) is 15.3 Å². The average Bonchev–Trinajstić information content (AvgIpc) is 3.07. The van der Waals surface area contributed by atoms with Crippen LogP contribution in [-0.2, 0) is 6.18 Å². The van der Waals surface area contributed by atoms with Gasteiger partial charge in [-0.25, -0.2) is 0 Å². The summed E-state index contributed by atoms with van der Waals surface area (Å²) in [6, 6.07) is 6.85. The molecular weight excluding hydrogens is 363 g/mol. The Kier molecular flexibility index (Phi) is 4.92. The van der Waals surface area contributed by atoms with Crippen LogP contribution in [0.5, 0.6) is 5.75 Å². The maximum atomic E-state index is 13.1. The molecule has 3 aromatic rings. The van der Waals surface area contributed by atoms with Gasteiger partial charge in [-0.2, -0.15) is 17.7 Å². The number of aliphatic hydroxyl groups is 1. The first-order valence-electron chi connectivity index (χ1n) is 8.08. The summed E-state index contributed by atoms with van der Waals surface area (Å²) in [4.78, 5) is 0. The van der Waals surface area contributed by atoms with Crippen LogP contribution in [0.2, 0.25) is 0 Å². The quantitative estimate of drug-likeness (QED) is 0.707. The number of hydrogen-bond donors (Lipinski definition) is 2. The van der Waals surface area contributed by atoms with Gasteiger partial charge in [-0.3, -0.25) is 0 Å². The van der Waals surface area contributed by atoms with Crippen molar-refractivity contribution in [3.05, 3.63) is 46.8 Å². The monoisotopic (exact) mass is 381 g/mol. The van der Waals surface area contributed by atoms with E-state index in [4.69, 9.17) is 4.74 Å². The summed E-state index contributed by atoms with van der Waals surface area (Å²) in [7, 11) is 1.54. The molecule has 1 unspecified atom stereocenters. The molecule has 10 heteroatoms. The number of halogens is 3. The minimum absolute atomic E-state index is 0.0427. The van der Waals surface area contributed by atoms with Crippen molar-refractivity contribution in [3.8, 4) is 5.75 Å². The third-order valence-corrected chi connectivity index (χ3v) is 4.31. The molecule has 1 atom stereocenters. The fraction of sp³-hybridized carbons (Fsp3) is 0.353. The van der Waals surface area contributed by atoms with E-state index in [0.29, 0.717) is 27.0 Å². The number of fused-ring (bicyclic) bond motifs is 1. The predicted octanol–water partition coefficient (Wildman–Crippen LogP) is 2.91. The Labute approximate surface area is 152 Å². The van der Waals surface area contributed by atoms with Gasteiger partial charge < -0.3 is 15.2 Å². The second-order valence-corrected chi connectivity index (χ2v) is 6.03.